The molecule has 0 aliphatic heterocycles. The van der Waals surface area contributed by atoms with Gasteiger partial charge in [0.15, 0.2) is 0 Å². The normalized spacial score (nSPS) is 45.8. The lowest BCUT2D eigenvalue weighted by atomic mass is 9.47. The van der Waals surface area contributed by atoms with E-state index in [4.69, 9.17) is 0 Å². The van der Waals surface area contributed by atoms with Crippen molar-refractivity contribution in [3.05, 3.63) is 35.4 Å². The highest BCUT2D eigenvalue weighted by molar-refractivity contribution is 5.95. The first-order valence-electron chi connectivity index (χ1n) is 13.5. The van der Waals surface area contributed by atoms with E-state index >= 15 is 0 Å². The minimum absolute atomic E-state index is 0.100. The van der Waals surface area contributed by atoms with E-state index in [1.165, 1.54) is 82.6 Å². The third kappa shape index (κ3) is 2.42. The molecular formula is C30H36O2. The van der Waals surface area contributed by atoms with Crippen LogP contribution >= 0.6 is 0 Å². The fourth-order valence-electron chi connectivity index (χ4n) is 11.0. The van der Waals surface area contributed by atoms with Crippen LogP contribution in [0.2, 0.25) is 0 Å². The average molecular weight is 429 g/mol. The molecule has 2 heteroatoms. The minimum Gasteiger partial charge on any atom is -0.507 e. The Morgan fingerprint density at radius 1 is 0.562 bits per heavy atom. The van der Waals surface area contributed by atoms with Gasteiger partial charge in [-0.2, -0.15) is 0 Å². The lowest BCUT2D eigenvalue weighted by Crippen LogP contribution is -2.48. The summed E-state index contributed by atoms with van der Waals surface area (Å²) in [4.78, 5) is 0. The molecule has 8 saturated carbocycles. The number of fused-ring (bicyclic) bond motifs is 1. The molecule has 8 aliphatic carbocycles. The fraction of sp³-hybridized carbons (Fsp3) is 0.667. The predicted molar refractivity (Wildman–Crippen MR) is 127 cm³/mol. The van der Waals surface area contributed by atoms with Crippen LogP contribution in [0, 0.1) is 35.5 Å². The molecule has 2 aromatic carbocycles. The summed E-state index contributed by atoms with van der Waals surface area (Å²) in [5, 5.41) is 24.6. The Morgan fingerprint density at radius 3 is 1.53 bits per heavy atom. The Morgan fingerprint density at radius 2 is 1.03 bits per heavy atom. The van der Waals surface area contributed by atoms with Crippen molar-refractivity contribution in [2.75, 3.05) is 0 Å². The van der Waals surface area contributed by atoms with Crippen molar-refractivity contribution >= 4 is 10.8 Å². The van der Waals surface area contributed by atoms with Gasteiger partial charge in [-0.05, 0) is 141 Å². The summed E-state index contributed by atoms with van der Waals surface area (Å²) < 4.78 is 0. The first-order chi connectivity index (χ1) is 15.5. The fourth-order valence-corrected chi connectivity index (χ4v) is 11.0. The van der Waals surface area contributed by atoms with Crippen LogP contribution in [0.25, 0.3) is 10.8 Å². The maximum absolute atomic E-state index is 11.5. The van der Waals surface area contributed by atoms with Gasteiger partial charge < -0.3 is 10.2 Å². The molecule has 2 aromatic rings. The van der Waals surface area contributed by atoms with Crippen LogP contribution < -0.4 is 0 Å². The second-order valence-electron chi connectivity index (χ2n) is 13.4. The molecule has 0 atom stereocenters. The lowest BCUT2D eigenvalue weighted by Gasteiger charge is -2.57. The summed E-state index contributed by atoms with van der Waals surface area (Å²) in [6, 6.07) is 8.72. The van der Waals surface area contributed by atoms with Crippen LogP contribution in [0.3, 0.4) is 0 Å². The molecule has 0 unspecified atom stereocenters. The van der Waals surface area contributed by atoms with Gasteiger partial charge in [-0.15, -0.1) is 0 Å². The molecule has 2 nitrogen and oxygen atoms in total. The van der Waals surface area contributed by atoms with Crippen LogP contribution in [-0.2, 0) is 10.8 Å². The summed E-state index contributed by atoms with van der Waals surface area (Å²) in [6.45, 7) is 0. The Balaban J connectivity index is 1.23. The second kappa shape index (κ2) is 6.05. The molecule has 8 aliphatic rings. The Hall–Kier alpha value is -1.70. The zero-order valence-corrected chi connectivity index (χ0v) is 19.2. The second-order valence-corrected chi connectivity index (χ2v) is 13.4. The highest BCUT2D eigenvalue weighted by Gasteiger charge is 2.53. The van der Waals surface area contributed by atoms with Crippen molar-refractivity contribution < 1.29 is 10.2 Å². The summed E-state index contributed by atoms with van der Waals surface area (Å²) in [5.41, 5.74) is 2.91. The van der Waals surface area contributed by atoms with E-state index in [9.17, 15) is 10.2 Å². The zero-order valence-electron chi connectivity index (χ0n) is 19.2. The van der Waals surface area contributed by atoms with Crippen LogP contribution in [0.1, 0.15) is 88.2 Å². The zero-order chi connectivity index (χ0) is 21.2. The van der Waals surface area contributed by atoms with Gasteiger partial charge in [-0.25, -0.2) is 0 Å². The highest BCUT2D eigenvalue weighted by atomic mass is 16.3. The number of benzene rings is 2. The van der Waals surface area contributed by atoms with Gasteiger partial charge in [0.05, 0.1) is 0 Å². The Labute approximate surface area is 191 Å². The van der Waals surface area contributed by atoms with Crippen LogP contribution in [0.5, 0.6) is 11.5 Å². The quantitative estimate of drug-likeness (QED) is 0.497. The standard InChI is InChI=1S/C30H36O2/c31-27-10-26(30-14-20-6-21(15-30)8-22(7-20)16-30)28(32)24-2-1-23(9-25(24)27)29-11-17-3-18(12-29)5-19(4-17)13-29/h1-2,9-10,17-22,31-32H,3-8,11-16H2. The number of aromatic hydroxyl groups is 2. The van der Waals surface area contributed by atoms with Gasteiger partial charge >= 0.3 is 0 Å². The minimum atomic E-state index is 0.100. The van der Waals surface area contributed by atoms with E-state index in [2.05, 4.69) is 18.2 Å². The largest absolute Gasteiger partial charge is 0.507 e. The molecule has 0 aromatic heterocycles. The van der Waals surface area contributed by atoms with Crippen molar-refractivity contribution in [1.29, 1.82) is 0 Å². The molecule has 0 radical (unpaired) electrons. The molecule has 8 bridgehead atoms. The summed E-state index contributed by atoms with van der Waals surface area (Å²) in [7, 11) is 0. The SMILES string of the molecule is Oc1cc(C23CC4CC(CC(C4)C2)C3)c(O)c2ccc(C34CC5CC(CC(C5)C3)C4)cc12. The number of phenolic OH excluding ortho intramolecular Hbond substituents is 2. The monoisotopic (exact) mass is 428 g/mol. The first kappa shape index (κ1) is 18.7. The van der Waals surface area contributed by atoms with Gasteiger partial charge in [0.25, 0.3) is 0 Å². The van der Waals surface area contributed by atoms with Crippen LogP contribution in [0.4, 0.5) is 0 Å². The van der Waals surface area contributed by atoms with E-state index in [-0.39, 0.29) is 5.41 Å². The summed E-state index contributed by atoms with van der Waals surface area (Å²) in [6.07, 6.45) is 16.2. The third-order valence-electron chi connectivity index (χ3n) is 11.3. The highest BCUT2D eigenvalue weighted by Crippen LogP contribution is 2.64. The van der Waals surface area contributed by atoms with Crippen LogP contribution in [-0.4, -0.2) is 10.2 Å². The molecule has 0 heterocycles. The smallest absolute Gasteiger partial charge is 0.127 e. The van der Waals surface area contributed by atoms with Crippen molar-refractivity contribution in [3.8, 4) is 11.5 Å². The number of hydrogen-bond donors (Lipinski definition) is 2. The van der Waals surface area contributed by atoms with E-state index in [0.717, 1.165) is 51.8 Å². The van der Waals surface area contributed by atoms with Crippen molar-refractivity contribution in [2.45, 2.75) is 87.9 Å². The van der Waals surface area contributed by atoms with Gasteiger partial charge in [0.1, 0.15) is 11.5 Å². The molecule has 32 heavy (non-hydrogen) atoms. The van der Waals surface area contributed by atoms with E-state index in [1.54, 1.807) is 0 Å². The van der Waals surface area contributed by atoms with E-state index in [0.29, 0.717) is 16.9 Å². The molecule has 10 rings (SSSR count). The van der Waals surface area contributed by atoms with Crippen molar-refractivity contribution in [3.63, 3.8) is 0 Å². The number of hydrogen-bond acceptors (Lipinski definition) is 2. The first-order valence-corrected chi connectivity index (χ1v) is 13.5. The van der Waals surface area contributed by atoms with E-state index in [1.807, 2.05) is 6.07 Å². The van der Waals surface area contributed by atoms with Gasteiger partial charge in [0.2, 0.25) is 0 Å². The third-order valence-corrected chi connectivity index (χ3v) is 11.3. The molecule has 0 amide bonds. The van der Waals surface area contributed by atoms with Crippen molar-refractivity contribution in [1.82, 2.24) is 0 Å². The molecule has 0 spiro atoms. The van der Waals surface area contributed by atoms with Gasteiger partial charge in [-0.3, -0.25) is 0 Å². The molecule has 2 N–H and O–H groups in total. The van der Waals surface area contributed by atoms with Crippen LogP contribution in [0.15, 0.2) is 24.3 Å². The summed E-state index contributed by atoms with van der Waals surface area (Å²) >= 11 is 0. The Bertz CT molecular complexity index is 1060. The van der Waals surface area contributed by atoms with Gasteiger partial charge in [0, 0.05) is 16.3 Å². The van der Waals surface area contributed by atoms with Gasteiger partial charge in [-0.1, -0.05) is 12.1 Å². The molecular weight excluding hydrogens is 392 g/mol. The average Bonchev–Trinajstić information content (AvgIpc) is 2.74. The molecule has 0 saturated heterocycles. The van der Waals surface area contributed by atoms with Crippen molar-refractivity contribution in [2.24, 2.45) is 35.5 Å². The molecule has 168 valence electrons. The maximum atomic E-state index is 11.5. The summed E-state index contributed by atoms with van der Waals surface area (Å²) in [5.74, 6) is 6.10. The molecule has 8 fully saturated rings. The number of rotatable bonds is 2. The number of phenols is 2. The van der Waals surface area contributed by atoms with E-state index < -0.39 is 0 Å². The topological polar surface area (TPSA) is 40.5 Å². The predicted octanol–water partition coefficient (Wildman–Crippen LogP) is 7.19. The maximum Gasteiger partial charge on any atom is 0.127 e. The Kier molecular flexibility index (Phi) is 3.53. The lowest BCUT2D eigenvalue weighted by molar-refractivity contribution is -0.00619.